The Balaban J connectivity index is 2.54. The molecule has 1 fully saturated rings. The number of esters is 2. The lowest BCUT2D eigenvalue weighted by Crippen LogP contribution is -2.64. The third-order valence-electron chi connectivity index (χ3n) is 10.7. The number of hydrogen-bond acceptors (Lipinski definition) is 13. The van der Waals surface area contributed by atoms with Crippen LogP contribution < -0.4 is 0 Å². The van der Waals surface area contributed by atoms with Crippen LogP contribution >= 0.6 is 7.82 Å². The normalized spacial score (nSPS) is 22.7. The molecule has 0 heterocycles. The van der Waals surface area contributed by atoms with E-state index in [0.29, 0.717) is 19.3 Å². The number of hydrogen-bond donors (Lipinski definition) is 7. The second-order valence-corrected chi connectivity index (χ2v) is 17.8. The summed E-state index contributed by atoms with van der Waals surface area (Å²) in [5, 5.41) is 60.4. The Morgan fingerprint density at radius 2 is 1.08 bits per heavy atom. The Morgan fingerprint density at radius 3 is 1.62 bits per heavy atom. The molecule has 0 aliphatic heterocycles. The maximum Gasteiger partial charge on any atom is 0.472 e. The zero-order valence-electron chi connectivity index (χ0n) is 38.7. The summed E-state index contributed by atoms with van der Waals surface area (Å²) >= 11 is 0. The fourth-order valence-electron chi connectivity index (χ4n) is 6.81. The molecule has 1 saturated carbocycles. The van der Waals surface area contributed by atoms with Gasteiger partial charge in [-0.05, 0) is 44.9 Å². The molecule has 0 spiro atoms. The quantitative estimate of drug-likeness (QED) is 0.0101. The molecule has 0 bridgehead atoms. The van der Waals surface area contributed by atoms with E-state index in [9.17, 15) is 49.7 Å². The van der Waals surface area contributed by atoms with Gasteiger partial charge in [0, 0.05) is 12.8 Å². The van der Waals surface area contributed by atoms with E-state index in [-0.39, 0.29) is 12.8 Å². The Kier molecular flexibility index (Phi) is 35.5. The van der Waals surface area contributed by atoms with Crippen molar-refractivity contribution in [1.82, 2.24) is 0 Å². The molecule has 0 amide bonds. The summed E-state index contributed by atoms with van der Waals surface area (Å²) in [7, 11) is -5.16. The Morgan fingerprint density at radius 1 is 0.578 bits per heavy atom. The molecule has 1 aliphatic carbocycles. The minimum absolute atomic E-state index is 0.0411. The van der Waals surface area contributed by atoms with Crippen LogP contribution in [0.5, 0.6) is 0 Å². The van der Waals surface area contributed by atoms with Gasteiger partial charge in [-0.15, -0.1) is 0 Å². The number of phosphoric acid groups is 1. The first-order valence-electron chi connectivity index (χ1n) is 23.8. The lowest BCUT2D eigenvalue weighted by atomic mass is 9.85. The van der Waals surface area contributed by atoms with E-state index >= 15 is 0 Å². The molecule has 9 atom stereocenters. The Bertz CT molecular complexity index is 1410. The average Bonchev–Trinajstić information content (AvgIpc) is 3.27. The fraction of sp³-hybridized carbons (Fsp3) is 0.714. The third kappa shape index (κ3) is 30.5. The van der Waals surface area contributed by atoms with Crippen LogP contribution in [-0.2, 0) is 32.7 Å². The van der Waals surface area contributed by atoms with Crippen LogP contribution in [-0.4, -0.2) is 110 Å². The number of aliphatic hydroxyl groups excluding tert-OH is 6. The van der Waals surface area contributed by atoms with Crippen LogP contribution in [0.25, 0.3) is 0 Å². The molecule has 368 valence electrons. The molecule has 15 heteroatoms. The number of rotatable bonds is 38. The molecule has 7 N–H and O–H groups in total. The summed E-state index contributed by atoms with van der Waals surface area (Å²) in [4.78, 5) is 35.7. The number of carbonyl (C=O) groups is 2. The van der Waals surface area contributed by atoms with Gasteiger partial charge in [-0.25, -0.2) is 4.57 Å². The van der Waals surface area contributed by atoms with Gasteiger partial charge in [-0.2, -0.15) is 0 Å². The molecule has 4 unspecified atom stereocenters. The minimum Gasteiger partial charge on any atom is -0.462 e. The molecule has 1 aliphatic rings. The van der Waals surface area contributed by atoms with Crippen molar-refractivity contribution in [2.45, 2.75) is 210 Å². The van der Waals surface area contributed by atoms with Crippen molar-refractivity contribution in [3.05, 3.63) is 72.9 Å². The molecule has 0 radical (unpaired) electrons. The molecule has 14 nitrogen and oxygen atoms in total. The standard InChI is InChI=1S/C49H83O14P/c1-3-5-7-9-11-13-15-17-18-20-22-24-26-28-32-37-43(52)62-41(39-61-64(58,59)63-49-47(56)45(54)44(53)46(55)48(49)57)38-60-42(51)36-33-29-31-35-40(50)34-30-27-25-23-21-19-16-14-12-10-8-6-4-2/h6,8,12,14,19,21,25,27,29-31,34,40-41,44-50,53-57H,3-5,7,9-11,13,15-18,20,22-24,26,28,32-33,35-39H2,1-2H3,(H,58,59)/b8-6-,14-12-,21-19-,27-25-,31-29-,34-30-/t40?,41-,44?,45-,46+,47-,48-,49?/m1/s1. The molecule has 64 heavy (non-hydrogen) atoms. The lowest BCUT2D eigenvalue weighted by molar-refractivity contribution is -0.220. The molecule has 0 aromatic rings. The highest BCUT2D eigenvalue weighted by atomic mass is 31.2. The minimum atomic E-state index is -5.16. The number of unbranched alkanes of at least 4 members (excludes halogenated alkanes) is 14. The van der Waals surface area contributed by atoms with Crippen LogP contribution in [0.2, 0.25) is 0 Å². The number of allylic oxidation sites excluding steroid dienone is 10. The number of ether oxygens (including phenoxy) is 2. The molecule has 0 aromatic carbocycles. The van der Waals surface area contributed by atoms with Crippen molar-refractivity contribution in [3.8, 4) is 0 Å². The van der Waals surface area contributed by atoms with Crippen LogP contribution in [0, 0.1) is 0 Å². The second-order valence-electron chi connectivity index (χ2n) is 16.4. The van der Waals surface area contributed by atoms with Crippen LogP contribution in [0.15, 0.2) is 72.9 Å². The number of phosphoric ester groups is 1. The first kappa shape index (κ1) is 59.3. The van der Waals surface area contributed by atoms with Crippen molar-refractivity contribution >= 4 is 19.8 Å². The highest BCUT2D eigenvalue weighted by Crippen LogP contribution is 2.47. The van der Waals surface area contributed by atoms with Gasteiger partial charge in [0.25, 0.3) is 0 Å². The van der Waals surface area contributed by atoms with Crippen molar-refractivity contribution in [3.63, 3.8) is 0 Å². The molecular formula is C49H83O14P. The van der Waals surface area contributed by atoms with Gasteiger partial charge in [0.2, 0.25) is 0 Å². The van der Waals surface area contributed by atoms with Gasteiger partial charge in [0.05, 0.1) is 12.7 Å². The van der Waals surface area contributed by atoms with Gasteiger partial charge in [-0.3, -0.25) is 18.6 Å². The Labute approximate surface area is 383 Å². The highest BCUT2D eigenvalue weighted by molar-refractivity contribution is 7.47. The maximum atomic E-state index is 12.8. The van der Waals surface area contributed by atoms with Crippen LogP contribution in [0.1, 0.15) is 162 Å². The lowest BCUT2D eigenvalue weighted by Gasteiger charge is -2.41. The van der Waals surface area contributed by atoms with Gasteiger partial charge in [0.1, 0.15) is 43.2 Å². The first-order chi connectivity index (χ1) is 30.8. The molecule has 1 rings (SSSR count). The van der Waals surface area contributed by atoms with E-state index in [2.05, 4.69) is 50.3 Å². The van der Waals surface area contributed by atoms with Gasteiger partial charge >= 0.3 is 19.8 Å². The van der Waals surface area contributed by atoms with Crippen molar-refractivity contribution < 1.29 is 68.2 Å². The maximum absolute atomic E-state index is 12.8. The van der Waals surface area contributed by atoms with Crippen LogP contribution in [0.3, 0.4) is 0 Å². The van der Waals surface area contributed by atoms with Crippen molar-refractivity contribution in [2.75, 3.05) is 13.2 Å². The summed E-state index contributed by atoms with van der Waals surface area (Å²) < 4.78 is 33.4. The second kappa shape index (κ2) is 38.4. The summed E-state index contributed by atoms with van der Waals surface area (Å²) in [6.07, 6.45) is 31.2. The molecular weight excluding hydrogens is 843 g/mol. The molecule has 0 saturated heterocycles. The largest absolute Gasteiger partial charge is 0.472 e. The fourth-order valence-corrected chi connectivity index (χ4v) is 7.78. The summed E-state index contributed by atoms with van der Waals surface area (Å²) in [6.45, 7) is 3.03. The predicted octanol–water partition coefficient (Wildman–Crippen LogP) is 8.47. The summed E-state index contributed by atoms with van der Waals surface area (Å²) in [5.74, 6) is -1.28. The summed E-state index contributed by atoms with van der Waals surface area (Å²) in [6, 6.07) is 0. The average molecular weight is 927 g/mol. The van der Waals surface area contributed by atoms with Crippen LogP contribution in [0.4, 0.5) is 0 Å². The molecule has 0 aromatic heterocycles. The smallest absolute Gasteiger partial charge is 0.462 e. The first-order valence-corrected chi connectivity index (χ1v) is 25.3. The topological polar surface area (TPSA) is 230 Å². The van der Waals surface area contributed by atoms with E-state index in [0.717, 1.165) is 51.4 Å². The zero-order chi connectivity index (χ0) is 47.3. The number of carbonyl (C=O) groups excluding carboxylic acids is 2. The van der Waals surface area contributed by atoms with Gasteiger partial charge < -0.3 is 45.0 Å². The zero-order valence-corrected chi connectivity index (χ0v) is 39.6. The van der Waals surface area contributed by atoms with Gasteiger partial charge in [0.15, 0.2) is 6.10 Å². The highest BCUT2D eigenvalue weighted by Gasteiger charge is 2.51. The monoisotopic (exact) mass is 927 g/mol. The van der Waals surface area contributed by atoms with E-state index in [1.54, 1.807) is 24.3 Å². The number of aliphatic hydroxyl groups is 6. The van der Waals surface area contributed by atoms with Gasteiger partial charge in [-0.1, -0.05) is 177 Å². The van der Waals surface area contributed by atoms with Crippen molar-refractivity contribution in [2.24, 2.45) is 0 Å². The van der Waals surface area contributed by atoms with E-state index in [1.807, 2.05) is 12.2 Å². The van der Waals surface area contributed by atoms with Crippen molar-refractivity contribution in [1.29, 1.82) is 0 Å². The predicted molar refractivity (Wildman–Crippen MR) is 250 cm³/mol. The van der Waals surface area contributed by atoms with E-state index < -0.39 is 81.8 Å². The van der Waals surface area contributed by atoms with E-state index in [4.69, 9.17) is 18.5 Å². The third-order valence-corrected chi connectivity index (χ3v) is 11.6. The summed E-state index contributed by atoms with van der Waals surface area (Å²) in [5.41, 5.74) is 0. The van der Waals surface area contributed by atoms with E-state index in [1.165, 1.54) is 64.2 Å². The SMILES string of the molecule is CC/C=C\C/C=C\C/C=C\C/C=C\C=C/C(O)C/C=C\CCC(=O)OC[C@H](COP(=O)(O)OC1[C@H](O)[C@H](O)C(O)[C@H](O)[C@H]1O)OC(=O)CCCCCCCCCCCCCCCCC. The Hall–Kier alpha value is -2.75.